The molecule has 3 heteroatoms. The highest BCUT2D eigenvalue weighted by atomic mass is 15.3. The van der Waals surface area contributed by atoms with Gasteiger partial charge in [-0.2, -0.15) is 5.10 Å². The van der Waals surface area contributed by atoms with Crippen LogP contribution in [0.2, 0.25) is 0 Å². The molecule has 0 bridgehead atoms. The highest BCUT2D eigenvalue weighted by Gasteiger charge is 2.12. The Morgan fingerprint density at radius 1 is 1.10 bits per heavy atom. The maximum absolute atomic E-state index is 4.60. The minimum absolute atomic E-state index is 0.396. The van der Waals surface area contributed by atoms with Gasteiger partial charge in [0.25, 0.3) is 0 Å². The van der Waals surface area contributed by atoms with Crippen LogP contribution < -0.4 is 5.32 Å². The van der Waals surface area contributed by atoms with E-state index in [1.165, 1.54) is 22.5 Å². The van der Waals surface area contributed by atoms with Gasteiger partial charge in [0, 0.05) is 12.6 Å². The molecule has 1 aromatic carbocycles. The number of aryl methyl sites for hydroxylation is 2. The summed E-state index contributed by atoms with van der Waals surface area (Å²) in [6.07, 6.45) is 1.09. The molecule has 0 atom stereocenters. The molecule has 2 aromatic rings. The minimum Gasteiger partial charge on any atom is -0.378 e. The summed E-state index contributed by atoms with van der Waals surface area (Å²) in [7, 11) is 0. The van der Waals surface area contributed by atoms with Crippen molar-refractivity contribution in [2.75, 3.05) is 5.32 Å². The first-order chi connectivity index (χ1) is 9.52. The van der Waals surface area contributed by atoms with Crippen molar-refractivity contribution in [1.29, 1.82) is 0 Å². The second kappa shape index (κ2) is 6.12. The van der Waals surface area contributed by atoms with E-state index in [1.54, 1.807) is 0 Å². The molecule has 1 aromatic heterocycles. The SMILES string of the molecule is CCc1ccc(CNc2c(C)nn(C(C)C)c2C)cc1. The Labute approximate surface area is 122 Å². The van der Waals surface area contributed by atoms with Crippen LogP contribution in [0, 0.1) is 13.8 Å². The van der Waals surface area contributed by atoms with Crippen LogP contribution in [0.4, 0.5) is 5.69 Å². The monoisotopic (exact) mass is 271 g/mol. The molecule has 20 heavy (non-hydrogen) atoms. The third kappa shape index (κ3) is 3.03. The van der Waals surface area contributed by atoms with E-state index < -0.39 is 0 Å². The first-order valence-corrected chi connectivity index (χ1v) is 7.40. The van der Waals surface area contributed by atoms with Gasteiger partial charge in [-0.3, -0.25) is 4.68 Å². The molecule has 3 nitrogen and oxygen atoms in total. The van der Waals surface area contributed by atoms with Gasteiger partial charge < -0.3 is 5.32 Å². The molecule has 0 aliphatic carbocycles. The van der Waals surface area contributed by atoms with Gasteiger partial charge in [0.1, 0.15) is 0 Å². The summed E-state index contributed by atoms with van der Waals surface area (Å²) in [5, 5.41) is 8.13. The standard InChI is InChI=1S/C17H25N3/c1-6-15-7-9-16(10-8-15)11-18-17-13(4)19-20(12(2)3)14(17)5/h7-10,12,18H,6,11H2,1-5H3. The van der Waals surface area contributed by atoms with E-state index in [-0.39, 0.29) is 0 Å². The number of rotatable bonds is 5. The molecule has 108 valence electrons. The molecule has 0 aliphatic rings. The number of anilines is 1. The summed E-state index contributed by atoms with van der Waals surface area (Å²) < 4.78 is 2.08. The van der Waals surface area contributed by atoms with Gasteiger partial charge in [-0.25, -0.2) is 0 Å². The smallest absolute Gasteiger partial charge is 0.0828 e. The zero-order chi connectivity index (χ0) is 14.7. The predicted molar refractivity (Wildman–Crippen MR) is 85.2 cm³/mol. The van der Waals surface area contributed by atoms with Crippen molar-refractivity contribution in [1.82, 2.24) is 9.78 Å². The molecule has 0 saturated carbocycles. The van der Waals surface area contributed by atoms with Crippen molar-refractivity contribution < 1.29 is 0 Å². The Balaban J connectivity index is 2.10. The average Bonchev–Trinajstić information content (AvgIpc) is 2.72. The Morgan fingerprint density at radius 2 is 1.70 bits per heavy atom. The van der Waals surface area contributed by atoms with Crippen molar-refractivity contribution in [2.45, 2.75) is 53.6 Å². The van der Waals surface area contributed by atoms with Gasteiger partial charge in [-0.15, -0.1) is 0 Å². The van der Waals surface area contributed by atoms with E-state index in [2.05, 4.69) is 74.0 Å². The lowest BCUT2D eigenvalue weighted by Gasteiger charge is -2.10. The maximum Gasteiger partial charge on any atom is 0.0828 e. The highest BCUT2D eigenvalue weighted by molar-refractivity contribution is 5.52. The van der Waals surface area contributed by atoms with Gasteiger partial charge in [-0.05, 0) is 45.2 Å². The Morgan fingerprint density at radius 3 is 2.20 bits per heavy atom. The lowest BCUT2D eigenvalue weighted by molar-refractivity contribution is 0.516. The predicted octanol–water partition coefficient (Wildman–Crippen LogP) is 4.26. The molecule has 2 rings (SSSR count). The summed E-state index contributed by atoms with van der Waals surface area (Å²) in [6.45, 7) is 11.5. The summed E-state index contributed by atoms with van der Waals surface area (Å²) in [4.78, 5) is 0. The molecular weight excluding hydrogens is 246 g/mol. The van der Waals surface area contributed by atoms with Gasteiger partial charge in [0.15, 0.2) is 0 Å². The normalized spacial score (nSPS) is 11.1. The van der Waals surface area contributed by atoms with Crippen molar-refractivity contribution in [3.63, 3.8) is 0 Å². The highest BCUT2D eigenvalue weighted by Crippen LogP contribution is 2.23. The quantitative estimate of drug-likeness (QED) is 0.880. The van der Waals surface area contributed by atoms with Crippen LogP contribution in [-0.4, -0.2) is 9.78 Å². The third-order valence-corrected chi connectivity index (χ3v) is 3.71. The molecular formula is C17H25N3. The topological polar surface area (TPSA) is 29.9 Å². The van der Waals surface area contributed by atoms with Crippen LogP contribution in [-0.2, 0) is 13.0 Å². The molecule has 0 radical (unpaired) electrons. The number of nitrogens with zero attached hydrogens (tertiary/aromatic N) is 2. The molecule has 0 spiro atoms. The fourth-order valence-corrected chi connectivity index (χ4v) is 2.50. The Bertz CT molecular complexity index is 565. The molecule has 0 aliphatic heterocycles. The fraction of sp³-hybridized carbons (Fsp3) is 0.471. The third-order valence-electron chi connectivity index (χ3n) is 3.71. The molecule has 0 amide bonds. The summed E-state index contributed by atoms with van der Waals surface area (Å²) in [6, 6.07) is 9.20. The Hall–Kier alpha value is -1.77. The number of nitrogens with one attached hydrogen (secondary N) is 1. The Kier molecular flexibility index (Phi) is 4.48. The second-order valence-electron chi connectivity index (χ2n) is 5.61. The van der Waals surface area contributed by atoms with Crippen LogP contribution in [0.3, 0.4) is 0 Å². The van der Waals surface area contributed by atoms with Crippen molar-refractivity contribution in [3.8, 4) is 0 Å². The number of hydrogen-bond donors (Lipinski definition) is 1. The van der Waals surface area contributed by atoms with Crippen molar-refractivity contribution in [2.24, 2.45) is 0 Å². The molecule has 1 heterocycles. The maximum atomic E-state index is 4.60. The lowest BCUT2D eigenvalue weighted by atomic mass is 10.1. The van der Waals surface area contributed by atoms with E-state index >= 15 is 0 Å². The van der Waals surface area contributed by atoms with Gasteiger partial charge in [-0.1, -0.05) is 31.2 Å². The molecule has 0 unspecified atom stereocenters. The average molecular weight is 271 g/mol. The van der Waals surface area contributed by atoms with Crippen LogP contribution >= 0.6 is 0 Å². The summed E-state index contributed by atoms with van der Waals surface area (Å²) in [5.74, 6) is 0. The van der Waals surface area contributed by atoms with Crippen molar-refractivity contribution in [3.05, 3.63) is 46.8 Å². The van der Waals surface area contributed by atoms with Crippen LogP contribution in [0.15, 0.2) is 24.3 Å². The lowest BCUT2D eigenvalue weighted by Crippen LogP contribution is -2.06. The van der Waals surface area contributed by atoms with E-state index in [0.717, 1.165) is 18.7 Å². The number of hydrogen-bond acceptors (Lipinski definition) is 2. The van der Waals surface area contributed by atoms with Crippen LogP contribution in [0.1, 0.15) is 49.3 Å². The van der Waals surface area contributed by atoms with E-state index in [1.807, 2.05) is 0 Å². The summed E-state index contributed by atoms with van der Waals surface area (Å²) >= 11 is 0. The molecule has 1 N–H and O–H groups in total. The largest absolute Gasteiger partial charge is 0.378 e. The first kappa shape index (κ1) is 14.6. The zero-order valence-electron chi connectivity index (χ0n) is 13.2. The first-order valence-electron chi connectivity index (χ1n) is 7.40. The van der Waals surface area contributed by atoms with E-state index in [0.29, 0.717) is 6.04 Å². The van der Waals surface area contributed by atoms with Crippen molar-refractivity contribution >= 4 is 5.69 Å². The second-order valence-corrected chi connectivity index (χ2v) is 5.61. The van der Waals surface area contributed by atoms with Gasteiger partial charge in [0.05, 0.1) is 17.1 Å². The molecule has 0 saturated heterocycles. The van der Waals surface area contributed by atoms with Gasteiger partial charge in [0.2, 0.25) is 0 Å². The van der Waals surface area contributed by atoms with E-state index in [4.69, 9.17) is 0 Å². The minimum atomic E-state index is 0.396. The zero-order valence-corrected chi connectivity index (χ0v) is 13.2. The van der Waals surface area contributed by atoms with E-state index in [9.17, 15) is 0 Å². The van der Waals surface area contributed by atoms with Crippen LogP contribution in [0.5, 0.6) is 0 Å². The number of aromatic nitrogens is 2. The number of benzene rings is 1. The fourth-order valence-electron chi connectivity index (χ4n) is 2.50. The van der Waals surface area contributed by atoms with Crippen LogP contribution in [0.25, 0.3) is 0 Å². The van der Waals surface area contributed by atoms with Gasteiger partial charge >= 0.3 is 0 Å². The molecule has 0 fully saturated rings. The summed E-state index contributed by atoms with van der Waals surface area (Å²) in [5.41, 5.74) is 6.13.